The molecule has 0 aliphatic carbocycles. The topological polar surface area (TPSA) is 65.0 Å². The van der Waals surface area contributed by atoms with E-state index in [0.29, 0.717) is 23.0 Å². The fraction of sp³-hybridized carbons (Fsp3) is 0.167. The number of carbonyl (C=O) groups excluding carboxylic acids is 2. The molecule has 2 rings (SSSR count). The summed E-state index contributed by atoms with van der Waals surface area (Å²) in [4.78, 5) is 25.2. The van der Waals surface area contributed by atoms with Gasteiger partial charge in [0.2, 0.25) is 0 Å². The Hall–Kier alpha value is -1.30. The number of hydrogen-bond acceptors (Lipinski definition) is 3. The zero-order chi connectivity index (χ0) is 13.1. The molecule has 0 atom stereocenters. The summed E-state index contributed by atoms with van der Waals surface area (Å²) in [5.41, 5.74) is 4.49. The molecule has 0 aromatic heterocycles. The van der Waals surface area contributed by atoms with Crippen molar-refractivity contribution in [3.8, 4) is 0 Å². The third kappa shape index (κ3) is 2.75. The summed E-state index contributed by atoms with van der Waals surface area (Å²) < 4.78 is 0. The number of thioether (sulfide) groups is 1. The van der Waals surface area contributed by atoms with Crippen molar-refractivity contribution in [1.29, 1.82) is 0 Å². The number of halogens is 1. The molecule has 0 saturated carbocycles. The summed E-state index contributed by atoms with van der Waals surface area (Å²) in [6, 6.07) is 7.09. The summed E-state index contributed by atoms with van der Waals surface area (Å²) in [6.45, 7) is 0.884. The van der Waals surface area contributed by atoms with Gasteiger partial charge >= 0.3 is 0 Å². The molecule has 94 valence electrons. The van der Waals surface area contributed by atoms with Crippen LogP contribution in [0.25, 0.3) is 6.08 Å². The van der Waals surface area contributed by atoms with Crippen molar-refractivity contribution >= 4 is 40.6 Å². The first-order valence-electron chi connectivity index (χ1n) is 5.42. The van der Waals surface area contributed by atoms with Gasteiger partial charge in [-0.1, -0.05) is 23.7 Å². The van der Waals surface area contributed by atoms with Gasteiger partial charge in [-0.2, -0.15) is 0 Å². The van der Waals surface area contributed by atoms with E-state index >= 15 is 0 Å². The Balaban J connectivity index is 2.22. The van der Waals surface area contributed by atoms with E-state index < -0.39 is 0 Å². The highest BCUT2D eigenvalue weighted by molar-refractivity contribution is 8.18. The Kier molecular flexibility index (Phi) is 4.06. The summed E-state index contributed by atoms with van der Waals surface area (Å²) in [6.07, 6.45) is 1.70. The molecule has 1 aliphatic heterocycles. The van der Waals surface area contributed by atoms with Crippen LogP contribution in [0.2, 0.25) is 5.02 Å². The van der Waals surface area contributed by atoms with E-state index in [1.807, 2.05) is 0 Å². The molecule has 0 bridgehead atoms. The second kappa shape index (κ2) is 5.56. The molecule has 18 heavy (non-hydrogen) atoms. The van der Waals surface area contributed by atoms with E-state index in [4.69, 9.17) is 11.6 Å². The van der Waals surface area contributed by atoms with Crippen LogP contribution < -0.4 is 5.73 Å². The number of quaternary nitrogens is 1. The van der Waals surface area contributed by atoms with Crippen LogP contribution in [-0.4, -0.2) is 29.1 Å². The minimum Gasteiger partial charge on any atom is -0.356 e. The summed E-state index contributed by atoms with van der Waals surface area (Å²) in [5.74, 6) is -0.247. The normalized spacial score (nSPS) is 17.9. The quantitative estimate of drug-likeness (QED) is 0.857. The van der Waals surface area contributed by atoms with E-state index in [1.165, 1.54) is 4.90 Å². The van der Waals surface area contributed by atoms with Crippen molar-refractivity contribution in [2.75, 3.05) is 13.1 Å². The third-order valence-electron chi connectivity index (χ3n) is 2.42. The van der Waals surface area contributed by atoms with Gasteiger partial charge in [0.05, 0.1) is 18.0 Å². The van der Waals surface area contributed by atoms with E-state index in [9.17, 15) is 9.59 Å². The van der Waals surface area contributed by atoms with Gasteiger partial charge in [0, 0.05) is 5.02 Å². The second-order valence-electron chi connectivity index (χ2n) is 3.74. The first-order valence-corrected chi connectivity index (χ1v) is 6.61. The molecule has 6 heteroatoms. The predicted octanol–water partition coefficient (Wildman–Crippen LogP) is 1.62. The standard InChI is InChI=1S/C12H11ClN2O2S/c13-9-3-1-8(2-4-9)7-10-11(16)15(6-5-14)12(17)18-10/h1-4,7H,5-6,14H2/p+1/b10-7+. The van der Waals surface area contributed by atoms with Gasteiger partial charge < -0.3 is 5.73 Å². The molecular formula is C12H12ClN2O2S+. The van der Waals surface area contributed by atoms with Crippen molar-refractivity contribution in [2.24, 2.45) is 0 Å². The molecular weight excluding hydrogens is 272 g/mol. The maximum absolute atomic E-state index is 11.9. The largest absolute Gasteiger partial charge is 0.356 e. The fourth-order valence-corrected chi connectivity index (χ4v) is 2.55. The molecule has 1 saturated heterocycles. The Labute approximate surface area is 114 Å². The van der Waals surface area contributed by atoms with Gasteiger partial charge in [0.25, 0.3) is 11.1 Å². The van der Waals surface area contributed by atoms with Gasteiger partial charge in [-0.25, -0.2) is 0 Å². The highest BCUT2D eigenvalue weighted by atomic mass is 35.5. The lowest BCUT2D eigenvalue weighted by atomic mass is 10.2. The van der Waals surface area contributed by atoms with Gasteiger partial charge in [0.15, 0.2) is 0 Å². The zero-order valence-corrected chi connectivity index (χ0v) is 11.1. The van der Waals surface area contributed by atoms with Crippen LogP contribution in [0.5, 0.6) is 0 Å². The Bertz CT molecular complexity index is 513. The number of imide groups is 1. The molecule has 1 aliphatic rings. The molecule has 0 spiro atoms. The van der Waals surface area contributed by atoms with Crippen LogP contribution in [0.15, 0.2) is 29.2 Å². The van der Waals surface area contributed by atoms with E-state index in [1.54, 1.807) is 30.3 Å². The third-order valence-corrected chi connectivity index (χ3v) is 3.58. The summed E-state index contributed by atoms with van der Waals surface area (Å²) >= 11 is 6.74. The highest BCUT2D eigenvalue weighted by Gasteiger charge is 2.34. The Morgan fingerprint density at radius 3 is 2.56 bits per heavy atom. The lowest BCUT2D eigenvalue weighted by molar-refractivity contribution is -0.367. The average molecular weight is 284 g/mol. The number of benzene rings is 1. The van der Waals surface area contributed by atoms with Crippen LogP contribution in [0.3, 0.4) is 0 Å². The molecule has 1 aromatic carbocycles. The summed E-state index contributed by atoms with van der Waals surface area (Å²) in [5, 5.41) is 0.404. The van der Waals surface area contributed by atoms with Crippen LogP contribution in [0, 0.1) is 0 Å². The molecule has 1 aromatic rings. The molecule has 0 unspecified atom stereocenters. The van der Waals surface area contributed by atoms with Crippen molar-refractivity contribution in [2.45, 2.75) is 0 Å². The van der Waals surface area contributed by atoms with Crippen LogP contribution in [0.4, 0.5) is 4.79 Å². The Morgan fingerprint density at radius 2 is 1.94 bits per heavy atom. The zero-order valence-electron chi connectivity index (χ0n) is 9.56. The van der Waals surface area contributed by atoms with E-state index in [0.717, 1.165) is 17.3 Å². The minimum absolute atomic E-state index is 0.233. The molecule has 0 radical (unpaired) electrons. The molecule has 1 fully saturated rings. The van der Waals surface area contributed by atoms with Gasteiger partial charge in [-0.05, 0) is 35.5 Å². The molecule has 3 N–H and O–H groups in total. The SMILES string of the molecule is [NH3+]CCN1C(=O)S/C(=C/c2ccc(Cl)cc2)C1=O. The van der Waals surface area contributed by atoms with Gasteiger partial charge in [-0.15, -0.1) is 0 Å². The van der Waals surface area contributed by atoms with Crippen molar-refractivity contribution in [1.82, 2.24) is 4.90 Å². The molecule has 4 nitrogen and oxygen atoms in total. The smallest absolute Gasteiger partial charge is 0.293 e. The van der Waals surface area contributed by atoms with Crippen LogP contribution in [0.1, 0.15) is 5.56 Å². The number of hydrogen-bond donors (Lipinski definition) is 1. The maximum Gasteiger partial charge on any atom is 0.293 e. The predicted molar refractivity (Wildman–Crippen MR) is 71.9 cm³/mol. The summed E-state index contributed by atoms with van der Waals surface area (Å²) in [7, 11) is 0. The van der Waals surface area contributed by atoms with Crippen molar-refractivity contribution in [3.05, 3.63) is 39.8 Å². The van der Waals surface area contributed by atoms with Crippen molar-refractivity contribution < 1.29 is 15.3 Å². The monoisotopic (exact) mass is 283 g/mol. The lowest BCUT2D eigenvalue weighted by Crippen LogP contribution is -2.55. The second-order valence-corrected chi connectivity index (χ2v) is 5.17. The first kappa shape index (κ1) is 13.1. The number of carbonyl (C=O) groups is 2. The van der Waals surface area contributed by atoms with Crippen molar-refractivity contribution in [3.63, 3.8) is 0 Å². The number of nitrogens with zero attached hydrogens (tertiary/aromatic N) is 1. The van der Waals surface area contributed by atoms with E-state index in [-0.39, 0.29) is 11.1 Å². The molecule has 2 amide bonds. The maximum atomic E-state index is 11.9. The van der Waals surface area contributed by atoms with Crippen LogP contribution in [-0.2, 0) is 4.79 Å². The van der Waals surface area contributed by atoms with Crippen LogP contribution >= 0.6 is 23.4 Å². The fourth-order valence-electron chi connectivity index (χ4n) is 1.56. The Morgan fingerprint density at radius 1 is 1.28 bits per heavy atom. The molecule has 1 heterocycles. The van der Waals surface area contributed by atoms with Gasteiger partial charge in [0.1, 0.15) is 0 Å². The minimum atomic E-state index is -0.247. The average Bonchev–Trinajstić information content (AvgIpc) is 2.60. The van der Waals surface area contributed by atoms with E-state index in [2.05, 4.69) is 5.73 Å². The number of rotatable bonds is 3. The first-order chi connectivity index (χ1) is 8.61. The van der Waals surface area contributed by atoms with Gasteiger partial charge in [-0.3, -0.25) is 14.5 Å². The number of amides is 2. The highest BCUT2D eigenvalue weighted by Crippen LogP contribution is 2.31. The lowest BCUT2D eigenvalue weighted by Gasteiger charge is -2.08.